The summed E-state index contributed by atoms with van der Waals surface area (Å²) < 4.78 is 16.5. The highest BCUT2D eigenvalue weighted by Gasteiger charge is 2.16. The molecule has 0 saturated carbocycles. The maximum atomic E-state index is 12.4. The van der Waals surface area contributed by atoms with Crippen LogP contribution < -0.4 is 14.2 Å². The van der Waals surface area contributed by atoms with Crippen LogP contribution in [-0.2, 0) is 0 Å². The summed E-state index contributed by atoms with van der Waals surface area (Å²) in [7, 11) is 1.64. The van der Waals surface area contributed by atoms with Gasteiger partial charge in [0, 0.05) is 0 Å². The lowest BCUT2D eigenvalue weighted by molar-refractivity contribution is 0.0734. The van der Waals surface area contributed by atoms with Crippen molar-refractivity contribution < 1.29 is 19.0 Å². The zero-order valence-electron chi connectivity index (χ0n) is 18.0. The molecule has 0 fully saturated rings. The fraction of sp³-hybridized carbons (Fsp3) is 0.269. The Bertz CT molecular complexity index is 955. The summed E-state index contributed by atoms with van der Waals surface area (Å²) in [6.45, 7) is 7.11. The van der Waals surface area contributed by atoms with E-state index in [1.54, 1.807) is 43.5 Å². The van der Waals surface area contributed by atoms with E-state index >= 15 is 0 Å². The van der Waals surface area contributed by atoms with Gasteiger partial charge in [-0.3, -0.25) is 0 Å². The quantitative estimate of drug-likeness (QED) is 0.322. The van der Waals surface area contributed by atoms with Crippen LogP contribution in [0.5, 0.6) is 17.2 Å². The average molecular weight is 405 g/mol. The number of carbonyl (C=O) groups excluding carboxylic acids is 1. The highest BCUT2D eigenvalue weighted by atomic mass is 16.5. The van der Waals surface area contributed by atoms with Gasteiger partial charge in [0.2, 0.25) is 0 Å². The largest absolute Gasteiger partial charge is 0.497 e. The highest BCUT2D eigenvalue weighted by Crippen LogP contribution is 2.25. The van der Waals surface area contributed by atoms with E-state index in [1.165, 1.54) is 0 Å². The van der Waals surface area contributed by atoms with Crippen LogP contribution in [-0.4, -0.2) is 19.7 Å². The number of rotatable bonds is 8. The molecule has 0 bridgehead atoms. The standard InChI is InChI=1S/C26H28O4/c1-5-26(2,3)18-29-23-14-10-21(11-15-23)25(27)30-24-16-8-20(9-17-24)19-6-12-22(28-4)13-7-19/h6-17H,5,18H2,1-4H3. The van der Waals surface area contributed by atoms with E-state index in [0.29, 0.717) is 17.9 Å². The predicted octanol–water partition coefficient (Wildman–Crippen LogP) is 6.40. The summed E-state index contributed by atoms with van der Waals surface area (Å²) in [6, 6.07) is 22.3. The average Bonchev–Trinajstić information content (AvgIpc) is 2.79. The van der Waals surface area contributed by atoms with Gasteiger partial charge in [0.15, 0.2) is 0 Å². The second-order valence-corrected chi connectivity index (χ2v) is 7.97. The lowest BCUT2D eigenvalue weighted by Gasteiger charge is -2.22. The molecule has 0 aliphatic rings. The van der Waals surface area contributed by atoms with Gasteiger partial charge in [-0.2, -0.15) is 0 Å². The first-order valence-electron chi connectivity index (χ1n) is 10.1. The Morgan fingerprint density at radius 2 is 1.27 bits per heavy atom. The maximum Gasteiger partial charge on any atom is 0.343 e. The summed E-state index contributed by atoms with van der Waals surface area (Å²) in [5.74, 6) is 1.67. The van der Waals surface area contributed by atoms with E-state index in [1.807, 2.05) is 36.4 Å². The minimum absolute atomic E-state index is 0.121. The van der Waals surface area contributed by atoms with Crippen molar-refractivity contribution in [1.82, 2.24) is 0 Å². The number of methoxy groups -OCH3 is 1. The van der Waals surface area contributed by atoms with Gasteiger partial charge >= 0.3 is 5.97 Å². The van der Waals surface area contributed by atoms with Crippen molar-refractivity contribution in [2.75, 3.05) is 13.7 Å². The van der Waals surface area contributed by atoms with Gasteiger partial charge < -0.3 is 14.2 Å². The number of hydrogen-bond donors (Lipinski definition) is 0. The molecule has 0 heterocycles. The molecule has 0 aliphatic carbocycles. The van der Waals surface area contributed by atoms with Gasteiger partial charge in [-0.25, -0.2) is 4.79 Å². The van der Waals surface area contributed by atoms with Crippen LogP contribution in [0.4, 0.5) is 0 Å². The zero-order valence-corrected chi connectivity index (χ0v) is 18.0. The third kappa shape index (κ3) is 5.63. The van der Waals surface area contributed by atoms with E-state index in [0.717, 1.165) is 29.0 Å². The van der Waals surface area contributed by atoms with Crippen molar-refractivity contribution in [3.8, 4) is 28.4 Å². The third-order valence-corrected chi connectivity index (χ3v) is 5.16. The molecule has 0 aromatic heterocycles. The van der Waals surface area contributed by atoms with E-state index in [9.17, 15) is 4.79 Å². The van der Waals surface area contributed by atoms with Crippen molar-refractivity contribution in [1.29, 1.82) is 0 Å². The minimum Gasteiger partial charge on any atom is -0.497 e. The van der Waals surface area contributed by atoms with Crippen molar-refractivity contribution in [3.05, 3.63) is 78.4 Å². The van der Waals surface area contributed by atoms with Crippen molar-refractivity contribution in [3.63, 3.8) is 0 Å². The number of hydrogen-bond acceptors (Lipinski definition) is 4. The first-order valence-corrected chi connectivity index (χ1v) is 10.1. The van der Waals surface area contributed by atoms with E-state index in [4.69, 9.17) is 14.2 Å². The molecule has 4 nitrogen and oxygen atoms in total. The van der Waals surface area contributed by atoms with Crippen LogP contribution >= 0.6 is 0 Å². The molecule has 0 radical (unpaired) electrons. The molecule has 3 rings (SSSR count). The lowest BCUT2D eigenvalue weighted by atomic mass is 9.92. The number of esters is 1. The molecular weight excluding hydrogens is 376 g/mol. The maximum absolute atomic E-state index is 12.4. The van der Waals surface area contributed by atoms with Gasteiger partial charge in [0.25, 0.3) is 0 Å². The third-order valence-electron chi connectivity index (χ3n) is 5.16. The molecule has 0 spiro atoms. The zero-order chi connectivity index (χ0) is 21.6. The topological polar surface area (TPSA) is 44.8 Å². The Morgan fingerprint density at radius 1 is 0.767 bits per heavy atom. The first-order chi connectivity index (χ1) is 14.4. The predicted molar refractivity (Wildman–Crippen MR) is 119 cm³/mol. The summed E-state index contributed by atoms with van der Waals surface area (Å²) in [4.78, 5) is 12.4. The van der Waals surface area contributed by atoms with Crippen LogP contribution in [0.1, 0.15) is 37.6 Å². The lowest BCUT2D eigenvalue weighted by Crippen LogP contribution is -2.20. The van der Waals surface area contributed by atoms with E-state index < -0.39 is 5.97 Å². The van der Waals surface area contributed by atoms with Gasteiger partial charge in [-0.15, -0.1) is 0 Å². The fourth-order valence-corrected chi connectivity index (χ4v) is 2.73. The summed E-state index contributed by atoms with van der Waals surface area (Å²) in [5.41, 5.74) is 2.70. The molecule has 0 unspecified atom stereocenters. The van der Waals surface area contributed by atoms with Crippen molar-refractivity contribution in [2.45, 2.75) is 27.2 Å². The Hall–Kier alpha value is -3.27. The Kier molecular flexibility index (Phi) is 6.78. The molecule has 30 heavy (non-hydrogen) atoms. The number of carbonyl (C=O) groups is 1. The Labute approximate surface area is 178 Å². The van der Waals surface area contributed by atoms with Crippen molar-refractivity contribution >= 4 is 5.97 Å². The molecule has 3 aromatic rings. The molecule has 156 valence electrons. The molecule has 0 saturated heterocycles. The molecule has 3 aromatic carbocycles. The minimum atomic E-state index is -0.396. The van der Waals surface area contributed by atoms with Crippen LogP contribution in [0.15, 0.2) is 72.8 Å². The first kappa shape index (κ1) is 21.4. The highest BCUT2D eigenvalue weighted by molar-refractivity contribution is 5.91. The second kappa shape index (κ2) is 9.49. The smallest absolute Gasteiger partial charge is 0.343 e. The van der Waals surface area contributed by atoms with Gasteiger partial charge in [0.05, 0.1) is 19.3 Å². The molecule has 4 heteroatoms. The summed E-state index contributed by atoms with van der Waals surface area (Å²) in [5, 5.41) is 0. The van der Waals surface area contributed by atoms with Crippen molar-refractivity contribution in [2.24, 2.45) is 5.41 Å². The van der Waals surface area contributed by atoms with Crippen LogP contribution in [0.2, 0.25) is 0 Å². The second-order valence-electron chi connectivity index (χ2n) is 7.97. The van der Waals surface area contributed by atoms with Gasteiger partial charge in [-0.1, -0.05) is 45.0 Å². The van der Waals surface area contributed by atoms with E-state index in [-0.39, 0.29) is 5.41 Å². The summed E-state index contributed by atoms with van der Waals surface area (Å²) in [6.07, 6.45) is 1.04. The van der Waals surface area contributed by atoms with E-state index in [2.05, 4.69) is 20.8 Å². The molecule has 0 N–H and O–H groups in total. The van der Waals surface area contributed by atoms with Crippen LogP contribution in [0.3, 0.4) is 0 Å². The Balaban J connectivity index is 1.60. The van der Waals surface area contributed by atoms with Gasteiger partial charge in [0.1, 0.15) is 17.2 Å². The van der Waals surface area contributed by atoms with Crippen LogP contribution in [0, 0.1) is 5.41 Å². The molecule has 0 atom stereocenters. The number of ether oxygens (including phenoxy) is 3. The summed E-state index contributed by atoms with van der Waals surface area (Å²) >= 11 is 0. The number of benzene rings is 3. The monoisotopic (exact) mass is 404 g/mol. The fourth-order valence-electron chi connectivity index (χ4n) is 2.73. The Morgan fingerprint density at radius 3 is 1.77 bits per heavy atom. The normalized spacial score (nSPS) is 11.1. The SMILES string of the molecule is CCC(C)(C)COc1ccc(C(=O)Oc2ccc(-c3ccc(OC)cc3)cc2)cc1. The molecular formula is C26H28O4. The van der Waals surface area contributed by atoms with Crippen LogP contribution in [0.25, 0.3) is 11.1 Å². The van der Waals surface area contributed by atoms with Gasteiger partial charge in [-0.05, 0) is 71.5 Å². The molecule has 0 amide bonds. The molecule has 0 aliphatic heterocycles.